The van der Waals surface area contributed by atoms with Gasteiger partial charge in [0.25, 0.3) is 0 Å². The molecule has 0 amide bonds. The van der Waals surface area contributed by atoms with Crippen molar-refractivity contribution in [2.45, 2.75) is 0 Å². The molecule has 0 N–H and O–H groups in total. The summed E-state index contributed by atoms with van der Waals surface area (Å²) in [4.78, 5) is 0. The van der Waals surface area contributed by atoms with E-state index in [0.717, 1.165) is 5.75 Å². The van der Waals surface area contributed by atoms with Crippen molar-refractivity contribution in [3.8, 4) is 5.75 Å². The van der Waals surface area contributed by atoms with Gasteiger partial charge in [-0.25, -0.2) is 0 Å². The summed E-state index contributed by atoms with van der Waals surface area (Å²) in [6, 6.07) is 10.1. The van der Waals surface area contributed by atoms with Crippen LogP contribution in [0.3, 0.4) is 0 Å². The van der Waals surface area contributed by atoms with E-state index >= 15 is 0 Å². The molecule has 0 saturated carbocycles. The number of benzene rings is 1. The summed E-state index contributed by atoms with van der Waals surface area (Å²) in [6.45, 7) is 3.42. The van der Waals surface area contributed by atoms with Gasteiger partial charge in [-0.1, -0.05) is 6.58 Å². The standard InChI is InChI=1S/C8H7O.Mn.O/c1-2-9-8-6-4-3-5-7-8;;/h2,4-7H,1H2;;/q-1;;. The molecule has 0 fully saturated rings. The molecule has 59 valence electrons. The molecule has 0 heterocycles. The van der Waals surface area contributed by atoms with Gasteiger partial charge >= 0.3 is 19.8 Å². The van der Waals surface area contributed by atoms with Crippen LogP contribution in [0.15, 0.2) is 37.1 Å². The molecule has 3 heteroatoms. The first kappa shape index (κ1) is 10.1. The number of rotatable bonds is 2. The van der Waals surface area contributed by atoms with E-state index in [-0.39, 0.29) is 0 Å². The SMILES string of the molecule is C=COc1cc[c-]cc1.[O]=[Mn]. The molecule has 2 nitrogen and oxygen atoms in total. The average molecular weight is 190 g/mol. The second kappa shape index (κ2) is 7.19. The van der Waals surface area contributed by atoms with Crippen molar-refractivity contribution in [2.24, 2.45) is 0 Å². The van der Waals surface area contributed by atoms with E-state index in [2.05, 4.69) is 12.6 Å². The Hall–Kier alpha value is -0.921. The van der Waals surface area contributed by atoms with Gasteiger partial charge in [0.05, 0.1) is 6.26 Å². The molecule has 0 aliphatic heterocycles. The monoisotopic (exact) mass is 190 g/mol. The Morgan fingerprint density at radius 3 is 2.45 bits per heavy atom. The molecule has 0 aliphatic rings. The fraction of sp³-hybridized carbons (Fsp3) is 0. The molecule has 0 unspecified atom stereocenters. The van der Waals surface area contributed by atoms with E-state index in [4.69, 9.17) is 8.57 Å². The normalized spacial score (nSPS) is 7.27. The van der Waals surface area contributed by atoms with Crippen molar-refractivity contribution >= 4 is 0 Å². The first-order chi connectivity index (χ1) is 5.43. The topological polar surface area (TPSA) is 26.3 Å². The minimum absolute atomic E-state index is 0.795. The summed E-state index contributed by atoms with van der Waals surface area (Å²) in [7, 11) is 0. The van der Waals surface area contributed by atoms with E-state index in [1.807, 2.05) is 12.1 Å². The average Bonchev–Trinajstić information content (AvgIpc) is 2.11. The minimum atomic E-state index is 0.795. The molecule has 1 rings (SSSR count). The fourth-order valence-electron chi connectivity index (χ4n) is 0.546. The van der Waals surface area contributed by atoms with E-state index in [1.54, 1.807) is 28.1 Å². The summed E-state index contributed by atoms with van der Waals surface area (Å²) in [5.41, 5.74) is 0. The van der Waals surface area contributed by atoms with E-state index < -0.39 is 0 Å². The van der Waals surface area contributed by atoms with Crippen LogP contribution in [0.5, 0.6) is 5.75 Å². The third-order valence-corrected chi connectivity index (χ3v) is 0.907. The van der Waals surface area contributed by atoms with Gasteiger partial charge in [0.2, 0.25) is 0 Å². The van der Waals surface area contributed by atoms with Gasteiger partial charge in [0, 0.05) is 5.75 Å². The Kier molecular flexibility index (Phi) is 6.59. The van der Waals surface area contributed by atoms with Crippen LogP contribution in [0.1, 0.15) is 0 Å². The van der Waals surface area contributed by atoms with Crippen LogP contribution in [0, 0.1) is 6.07 Å². The Morgan fingerprint density at radius 1 is 1.45 bits per heavy atom. The van der Waals surface area contributed by atoms with Crippen molar-refractivity contribution in [3.05, 3.63) is 43.2 Å². The molecular weight excluding hydrogens is 183 g/mol. The Balaban J connectivity index is 0.000000461. The van der Waals surface area contributed by atoms with Crippen LogP contribution in [-0.4, -0.2) is 0 Å². The maximum atomic E-state index is 8.06. The van der Waals surface area contributed by atoms with E-state index in [9.17, 15) is 0 Å². The zero-order valence-electron chi connectivity index (χ0n) is 5.79. The van der Waals surface area contributed by atoms with Crippen molar-refractivity contribution in [1.82, 2.24) is 0 Å². The quantitative estimate of drug-likeness (QED) is 0.404. The third-order valence-electron chi connectivity index (χ3n) is 0.907. The summed E-state index contributed by atoms with van der Waals surface area (Å²) in [5.74, 6) is 0.795. The Bertz CT molecular complexity index is 199. The predicted molar refractivity (Wildman–Crippen MR) is 36.8 cm³/mol. The Morgan fingerprint density at radius 2 is 2.00 bits per heavy atom. The molecule has 0 atom stereocenters. The van der Waals surface area contributed by atoms with Gasteiger partial charge < -0.3 is 4.74 Å². The van der Waals surface area contributed by atoms with Gasteiger partial charge in [0.1, 0.15) is 0 Å². The molecule has 0 spiro atoms. The summed E-state index contributed by atoms with van der Waals surface area (Å²) in [6.07, 6.45) is 1.40. The van der Waals surface area contributed by atoms with Gasteiger partial charge in [-0.05, 0) is 0 Å². The molecule has 0 saturated heterocycles. The molecular formula is C8H7MnO2-. The van der Waals surface area contributed by atoms with Gasteiger partial charge in [0.15, 0.2) is 0 Å². The fourth-order valence-corrected chi connectivity index (χ4v) is 0.546. The number of ether oxygens (including phenoxy) is 1. The van der Waals surface area contributed by atoms with Gasteiger partial charge in [-0.3, -0.25) is 0 Å². The van der Waals surface area contributed by atoms with Crippen molar-refractivity contribution in [3.63, 3.8) is 0 Å². The first-order valence-corrected chi connectivity index (χ1v) is 3.31. The molecule has 0 bridgehead atoms. The number of hydrogen-bond donors (Lipinski definition) is 0. The maximum absolute atomic E-state index is 8.06. The van der Waals surface area contributed by atoms with Crippen molar-refractivity contribution in [2.75, 3.05) is 0 Å². The van der Waals surface area contributed by atoms with Crippen LogP contribution in [0.4, 0.5) is 0 Å². The molecule has 0 aromatic heterocycles. The van der Waals surface area contributed by atoms with Crippen LogP contribution in [0.2, 0.25) is 0 Å². The van der Waals surface area contributed by atoms with Crippen molar-refractivity contribution < 1.29 is 24.5 Å². The Labute approximate surface area is 73.9 Å². The molecule has 0 radical (unpaired) electrons. The van der Waals surface area contributed by atoms with Crippen LogP contribution in [-0.2, 0) is 19.8 Å². The molecule has 1 aromatic rings. The molecule has 0 aliphatic carbocycles. The first-order valence-electron chi connectivity index (χ1n) is 2.82. The second-order valence-corrected chi connectivity index (χ2v) is 1.52. The predicted octanol–water partition coefficient (Wildman–Crippen LogP) is 1.89. The summed E-state index contributed by atoms with van der Waals surface area (Å²) < 4.78 is 13.0. The van der Waals surface area contributed by atoms with Crippen LogP contribution >= 0.6 is 0 Å². The van der Waals surface area contributed by atoms with Crippen molar-refractivity contribution in [1.29, 1.82) is 0 Å². The van der Waals surface area contributed by atoms with E-state index in [1.165, 1.54) is 6.26 Å². The van der Waals surface area contributed by atoms with Gasteiger partial charge in [-0.15, -0.1) is 12.1 Å². The van der Waals surface area contributed by atoms with Crippen LogP contribution < -0.4 is 4.74 Å². The second-order valence-electron chi connectivity index (χ2n) is 1.52. The molecule has 1 aromatic carbocycles. The summed E-state index contributed by atoms with van der Waals surface area (Å²) >= 11 is 1.69. The molecule has 11 heavy (non-hydrogen) atoms. The number of hydrogen-bond acceptors (Lipinski definition) is 2. The van der Waals surface area contributed by atoms with Crippen LogP contribution in [0.25, 0.3) is 0 Å². The zero-order valence-corrected chi connectivity index (χ0v) is 6.97. The zero-order chi connectivity index (χ0) is 8.53. The third kappa shape index (κ3) is 4.48. The van der Waals surface area contributed by atoms with E-state index in [0.29, 0.717) is 0 Å². The summed E-state index contributed by atoms with van der Waals surface area (Å²) in [5, 5.41) is 0. The van der Waals surface area contributed by atoms with Gasteiger partial charge in [-0.2, -0.15) is 18.2 Å².